The van der Waals surface area contributed by atoms with Gasteiger partial charge >= 0.3 is 0 Å². The second-order valence-electron chi connectivity index (χ2n) is 6.70. The van der Waals surface area contributed by atoms with E-state index in [1.54, 1.807) is 11.6 Å². The molecule has 2 aromatic heterocycles. The van der Waals surface area contributed by atoms with Crippen molar-refractivity contribution in [1.29, 1.82) is 0 Å². The highest BCUT2D eigenvalue weighted by molar-refractivity contribution is 7.14. The highest BCUT2D eigenvalue weighted by Crippen LogP contribution is 2.41. The zero-order valence-corrected chi connectivity index (χ0v) is 16.2. The van der Waals surface area contributed by atoms with Crippen molar-refractivity contribution >= 4 is 34.0 Å². The van der Waals surface area contributed by atoms with E-state index in [9.17, 15) is 4.79 Å². The zero-order chi connectivity index (χ0) is 18.3. The number of benzene rings is 1. The van der Waals surface area contributed by atoms with Crippen LogP contribution in [0.5, 0.6) is 0 Å². The minimum atomic E-state index is -0.264. The molecule has 0 unspecified atom stereocenters. The van der Waals surface area contributed by atoms with Crippen molar-refractivity contribution in [3.8, 4) is 0 Å². The van der Waals surface area contributed by atoms with Crippen LogP contribution in [0.15, 0.2) is 29.6 Å². The molecule has 0 saturated heterocycles. The SMILES string of the molecule is Cc1ccc(Cn2nc(C)c(C(=O)Nc3nc(C4CC4)cs3)c2Cl)cc1. The quantitative estimate of drug-likeness (QED) is 0.685. The average Bonchev–Trinajstić information content (AvgIpc) is 3.29. The van der Waals surface area contributed by atoms with Crippen LogP contribution < -0.4 is 5.32 Å². The van der Waals surface area contributed by atoms with E-state index in [4.69, 9.17) is 11.6 Å². The van der Waals surface area contributed by atoms with Crippen molar-refractivity contribution < 1.29 is 4.79 Å². The van der Waals surface area contributed by atoms with E-state index in [0.717, 1.165) is 11.3 Å². The minimum absolute atomic E-state index is 0.264. The topological polar surface area (TPSA) is 59.8 Å². The van der Waals surface area contributed by atoms with E-state index in [-0.39, 0.29) is 5.91 Å². The summed E-state index contributed by atoms with van der Waals surface area (Å²) in [6.45, 7) is 4.37. The van der Waals surface area contributed by atoms with E-state index in [0.29, 0.717) is 34.0 Å². The molecular weight excluding hydrogens is 368 g/mol. The number of anilines is 1. The molecule has 1 amide bonds. The fourth-order valence-electron chi connectivity index (χ4n) is 2.85. The Morgan fingerprint density at radius 3 is 2.73 bits per heavy atom. The van der Waals surface area contributed by atoms with Gasteiger partial charge in [-0.2, -0.15) is 5.10 Å². The van der Waals surface area contributed by atoms with Gasteiger partial charge in [-0.1, -0.05) is 41.4 Å². The molecular formula is C19H19ClN4OS. The zero-order valence-electron chi connectivity index (χ0n) is 14.6. The summed E-state index contributed by atoms with van der Waals surface area (Å²) in [7, 11) is 0. The maximum Gasteiger partial charge on any atom is 0.262 e. The molecule has 1 aliphatic carbocycles. The first-order valence-corrected chi connectivity index (χ1v) is 9.82. The maximum atomic E-state index is 12.7. The molecule has 7 heteroatoms. The van der Waals surface area contributed by atoms with Gasteiger partial charge < -0.3 is 0 Å². The molecule has 1 N–H and O–H groups in total. The van der Waals surface area contributed by atoms with Crippen LogP contribution >= 0.6 is 22.9 Å². The highest BCUT2D eigenvalue weighted by Gasteiger charge is 2.27. The van der Waals surface area contributed by atoms with E-state index < -0.39 is 0 Å². The van der Waals surface area contributed by atoms with Gasteiger partial charge in [-0.15, -0.1) is 11.3 Å². The largest absolute Gasteiger partial charge is 0.298 e. The molecule has 4 rings (SSSR count). The molecule has 134 valence electrons. The molecule has 0 aliphatic heterocycles. The molecule has 1 fully saturated rings. The molecule has 26 heavy (non-hydrogen) atoms. The number of carbonyl (C=O) groups excluding carboxylic acids is 1. The summed E-state index contributed by atoms with van der Waals surface area (Å²) < 4.78 is 1.66. The highest BCUT2D eigenvalue weighted by atomic mass is 35.5. The van der Waals surface area contributed by atoms with E-state index in [2.05, 4.69) is 15.4 Å². The van der Waals surface area contributed by atoms with Crippen molar-refractivity contribution in [2.24, 2.45) is 0 Å². The first-order chi connectivity index (χ1) is 12.5. The Kier molecular flexibility index (Phi) is 4.54. The lowest BCUT2D eigenvalue weighted by molar-refractivity contribution is 0.102. The van der Waals surface area contributed by atoms with Crippen LogP contribution in [-0.4, -0.2) is 20.7 Å². The smallest absolute Gasteiger partial charge is 0.262 e. The van der Waals surface area contributed by atoms with Crippen LogP contribution in [0.2, 0.25) is 5.15 Å². The molecule has 1 aliphatic rings. The number of nitrogens with one attached hydrogen (secondary N) is 1. The molecule has 2 heterocycles. The fourth-order valence-corrected chi connectivity index (χ4v) is 3.96. The summed E-state index contributed by atoms with van der Waals surface area (Å²) in [5.74, 6) is 0.304. The van der Waals surface area contributed by atoms with Gasteiger partial charge in [0, 0.05) is 11.3 Å². The number of hydrogen-bond acceptors (Lipinski definition) is 4. The lowest BCUT2D eigenvalue weighted by Gasteiger charge is -2.05. The molecule has 0 atom stereocenters. The number of aryl methyl sites for hydroxylation is 2. The third-order valence-electron chi connectivity index (χ3n) is 4.48. The molecule has 0 radical (unpaired) electrons. The number of nitrogens with zero attached hydrogens (tertiary/aromatic N) is 3. The van der Waals surface area contributed by atoms with E-state index >= 15 is 0 Å². The Labute approximate surface area is 161 Å². The number of aromatic nitrogens is 3. The normalized spacial score (nSPS) is 13.8. The number of rotatable bonds is 5. The molecule has 5 nitrogen and oxygen atoms in total. The third kappa shape index (κ3) is 3.52. The van der Waals surface area contributed by atoms with E-state index in [1.807, 2.05) is 36.6 Å². The molecule has 0 bridgehead atoms. The Hall–Kier alpha value is -2.18. The van der Waals surface area contributed by atoms with Crippen molar-refractivity contribution in [1.82, 2.24) is 14.8 Å². The molecule has 1 saturated carbocycles. The van der Waals surface area contributed by atoms with Gasteiger partial charge in [0.25, 0.3) is 5.91 Å². The molecule has 0 spiro atoms. The predicted octanol–water partition coefficient (Wildman–Crippen LogP) is 4.79. The first-order valence-electron chi connectivity index (χ1n) is 8.56. The second kappa shape index (κ2) is 6.85. The van der Waals surface area contributed by atoms with E-state index in [1.165, 1.54) is 29.7 Å². The van der Waals surface area contributed by atoms with Gasteiger partial charge in [-0.25, -0.2) is 9.67 Å². The number of hydrogen-bond donors (Lipinski definition) is 1. The average molecular weight is 387 g/mol. The monoisotopic (exact) mass is 386 g/mol. The Morgan fingerprint density at radius 1 is 1.31 bits per heavy atom. The number of halogens is 1. The third-order valence-corrected chi connectivity index (χ3v) is 5.64. The Bertz CT molecular complexity index is 957. The van der Waals surface area contributed by atoms with Gasteiger partial charge in [0.2, 0.25) is 0 Å². The Morgan fingerprint density at radius 2 is 2.04 bits per heavy atom. The van der Waals surface area contributed by atoms with Gasteiger partial charge in [0.1, 0.15) is 5.15 Å². The summed E-state index contributed by atoms with van der Waals surface area (Å²) in [6.07, 6.45) is 2.38. The fraction of sp³-hybridized carbons (Fsp3) is 0.316. The molecule has 3 aromatic rings. The van der Waals surface area contributed by atoms with Crippen LogP contribution in [0.1, 0.15) is 51.6 Å². The van der Waals surface area contributed by atoms with Gasteiger partial charge in [0.05, 0.1) is 23.5 Å². The van der Waals surface area contributed by atoms with Crippen LogP contribution in [0, 0.1) is 13.8 Å². The van der Waals surface area contributed by atoms with Crippen LogP contribution in [-0.2, 0) is 6.54 Å². The number of carbonyl (C=O) groups is 1. The molecule has 1 aromatic carbocycles. The minimum Gasteiger partial charge on any atom is -0.298 e. The van der Waals surface area contributed by atoms with Crippen LogP contribution in [0.3, 0.4) is 0 Å². The predicted molar refractivity (Wildman–Crippen MR) is 104 cm³/mol. The van der Waals surface area contributed by atoms with Gasteiger partial charge in [0.15, 0.2) is 5.13 Å². The summed E-state index contributed by atoms with van der Waals surface area (Å²) >= 11 is 7.91. The summed E-state index contributed by atoms with van der Waals surface area (Å²) in [5.41, 5.74) is 4.37. The Balaban J connectivity index is 1.52. The van der Waals surface area contributed by atoms with Crippen molar-refractivity contribution in [3.05, 3.63) is 62.9 Å². The van der Waals surface area contributed by atoms with Crippen molar-refractivity contribution in [2.45, 2.75) is 39.2 Å². The van der Waals surface area contributed by atoms with Gasteiger partial charge in [-0.3, -0.25) is 10.1 Å². The van der Waals surface area contributed by atoms with Crippen molar-refractivity contribution in [2.75, 3.05) is 5.32 Å². The standard InChI is InChI=1S/C19H19ClN4OS/c1-11-3-5-13(6-4-11)9-24-17(20)16(12(2)23-24)18(25)22-19-21-15(10-26-19)14-7-8-14/h3-6,10,14H,7-9H2,1-2H3,(H,21,22,25). The second-order valence-corrected chi connectivity index (χ2v) is 7.92. The maximum absolute atomic E-state index is 12.7. The lowest BCUT2D eigenvalue weighted by atomic mass is 10.1. The van der Waals surface area contributed by atoms with Gasteiger partial charge in [-0.05, 0) is 32.3 Å². The first kappa shape index (κ1) is 17.2. The summed E-state index contributed by atoms with van der Waals surface area (Å²) in [6, 6.07) is 8.18. The van der Waals surface area contributed by atoms with Crippen LogP contribution in [0.4, 0.5) is 5.13 Å². The number of amides is 1. The summed E-state index contributed by atoms with van der Waals surface area (Å²) in [5, 5.41) is 10.3. The lowest BCUT2D eigenvalue weighted by Crippen LogP contribution is -2.13. The summed E-state index contributed by atoms with van der Waals surface area (Å²) in [4.78, 5) is 17.2. The van der Waals surface area contributed by atoms with Crippen molar-refractivity contribution in [3.63, 3.8) is 0 Å². The van der Waals surface area contributed by atoms with Crippen LogP contribution in [0.25, 0.3) is 0 Å². The number of thiazole rings is 1.